The maximum Gasteiger partial charge on any atom is 0.257 e. The van der Waals surface area contributed by atoms with E-state index in [9.17, 15) is 13.2 Å². The molecule has 0 bridgehead atoms. The second-order valence-corrected chi connectivity index (χ2v) is 5.89. The summed E-state index contributed by atoms with van der Waals surface area (Å²) in [4.78, 5) is 15.7. The molecule has 0 fully saturated rings. The van der Waals surface area contributed by atoms with Crippen molar-refractivity contribution in [1.82, 2.24) is 14.8 Å². The van der Waals surface area contributed by atoms with Gasteiger partial charge < -0.3 is 5.32 Å². The van der Waals surface area contributed by atoms with Crippen LogP contribution in [0.5, 0.6) is 0 Å². The van der Waals surface area contributed by atoms with E-state index < -0.39 is 15.7 Å². The Morgan fingerprint density at radius 3 is 2.68 bits per heavy atom. The Labute approximate surface area is 110 Å². The van der Waals surface area contributed by atoms with Gasteiger partial charge in [-0.3, -0.25) is 14.5 Å². The van der Waals surface area contributed by atoms with Gasteiger partial charge in [0.15, 0.2) is 14.9 Å². The fourth-order valence-electron chi connectivity index (χ4n) is 1.64. The van der Waals surface area contributed by atoms with Crippen molar-refractivity contribution in [2.45, 2.75) is 5.03 Å². The first-order valence-corrected chi connectivity index (χ1v) is 7.22. The highest BCUT2D eigenvalue weighted by molar-refractivity contribution is 7.90. The zero-order valence-corrected chi connectivity index (χ0v) is 11.2. The first-order chi connectivity index (χ1) is 8.89. The number of rotatable bonds is 3. The third-order valence-corrected chi connectivity index (χ3v) is 3.59. The van der Waals surface area contributed by atoms with Gasteiger partial charge in [-0.1, -0.05) is 0 Å². The molecule has 2 rings (SSSR count). The predicted octanol–water partition coefficient (Wildman–Crippen LogP) is 0.471. The molecular weight excluding hydrogens is 268 g/mol. The highest BCUT2D eigenvalue weighted by Crippen LogP contribution is 2.20. The van der Waals surface area contributed by atoms with Crippen LogP contribution in [0.4, 0.5) is 5.69 Å². The summed E-state index contributed by atoms with van der Waals surface area (Å²) in [7, 11) is -1.98. The Bertz CT molecular complexity index is 707. The molecule has 0 aliphatic carbocycles. The Hall–Kier alpha value is -2.22. The topological polar surface area (TPSA) is 93.9 Å². The standard InChI is InChI=1S/C11H12N4O3S/c1-15-11(19(2,17)18)9(7-13-15)14-10(16)8-4-3-5-12-6-8/h3-7H,1-2H3,(H,14,16). The van der Waals surface area contributed by atoms with Crippen LogP contribution in [0.15, 0.2) is 35.7 Å². The van der Waals surface area contributed by atoms with Crippen molar-refractivity contribution < 1.29 is 13.2 Å². The van der Waals surface area contributed by atoms with Gasteiger partial charge in [0.25, 0.3) is 5.91 Å². The highest BCUT2D eigenvalue weighted by Gasteiger charge is 2.20. The first kappa shape index (κ1) is 13.2. The quantitative estimate of drug-likeness (QED) is 0.882. The number of nitrogens with zero attached hydrogens (tertiary/aromatic N) is 3. The Morgan fingerprint density at radius 2 is 2.11 bits per heavy atom. The average Bonchev–Trinajstić information content (AvgIpc) is 2.71. The fraction of sp³-hybridized carbons (Fsp3) is 0.182. The molecule has 0 saturated heterocycles. The number of pyridine rings is 1. The number of carbonyl (C=O) groups is 1. The molecule has 0 spiro atoms. The van der Waals surface area contributed by atoms with Gasteiger partial charge in [-0.05, 0) is 12.1 Å². The second kappa shape index (κ2) is 4.81. The van der Waals surface area contributed by atoms with E-state index in [0.29, 0.717) is 5.56 Å². The Kier molecular flexibility index (Phi) is 3.34. The number of hydrogen-bond acceptors (Lipinski definition) is 5. The van der Waals surface area contributed by atoms with Gasteiger partial charge in [0, 0.05) is 25.7 Å². The lowest BCUT2D eigenvalue weighted by Crippen LogP contribution is -2.15. The van der Waals surface area contributed by atoms with Crippen LogP contribution in [0, 0.1) is 0 Å². The summed E-state index contributed by atoms with van der Waals surface area (Å²) in [5.74, 6) is -0.439. The predicted molar refractivity (Wildman–Crippen MR) is 68.5 cm³/mol. The number of aryl methyl sites for hydroxylation is 1. The lowest BCUT2D eigenvalue weighted by molar-refractivity contribution is 0.102. The van der Waals surface area contributed by atoms with Crippen LogP contribution < -0.4 is 5.32 Å². The van der Waals surface area contributed by atoms with E-state index in [-0.39, 0.29) is 10.7 Å². The zero-order chi connectivity index (χ0) is 14.0. The minimum atomic E-state index is -3.48. The molecule has 0 aliphatic heterocycles. The molecule has 0 aromatic carbocycles. The molecule has 0 unspecified atom stereocenters. The van der Waals surface area contributed by atoms with Gasteiger partial charge in [0.2, 0.25) is 0 Å². The molecule has 0 saturated carbocycles. The molecule has 2 heterocycles. The van der Waals surface area contributed by atoms with E-state index in [0.717, 1.165) is 6.26 Å². The van der Waals surface area contributed by atoms with Crippen LogP contribution in [-0.2, 0) is 16.9 Å². The van der Waals surface area contributed by atoms with E-state index in [1.807, 2.05) is 0 Å². The maximum absolute atomic E-state index is 11.9. The van der Waals surface area contributed by atoms with Crippen molar-refractivity contribution in [2.75, 3.05) is 11.6 Å². The van der Waals surface area contributed by atoms with Gasteiger partial charge in [-0.2, -0.15) is 5.10 Å². The average molecular weight is 280 g/mol. The molecule has 7 nitrogen and oxygen atoms in total. The lowest BCUT2D eigenvalue weighted by atomic mass is 10.2. The summed E-state index contributed by atoms with van der Waals surface area (Å²) < 4.78 is 24.5. The molecule has 2 aromatic heterocycles. The Balaban J connectivity index is 2.33. The monoisotopic (exact) mass is 280 g/mol. The smallest absolute Gasteiger partial charge is 0.257 e. The largest absolute Gasteiger partial charge is 0.318 e. The Morgan fingerprint density at radius 1 is 1.37 bits per heavy atom. The zero-order valence-electron chi connectivity index (χ0n) is 10.4. The number of carbonyl (C=O) groups excluding carboxylic acids is 1. The SMILES string of the molecule is Cn1ncc(NC(=O)c2cccnc2)c1S(C)(=O)=O. The number of anilines is 1. The molecule has 0 atom stereocenters. The summed E-state index contributed by atoms with van der Waals surface area (Å²) in [6.45, 7) is 0. The molecule has 0 aliphatic rings. The van der Waals surface area contributed by atoms with Gasteiger partial charge in [0.05, 0.1) is 17.4 Å². The van der Waals surface area contributed by atoms with Gasteiger partial charge in [0.1, 0.15) is 0 Å². The lowest BCUT2D eigenvalue weighted by Gasteiger charge is -2.05. The number of hydrogen-bond donors (Lipinski definition) is 1. The first-order valence-electron chi connectivity index (χ1n) is 5.33. The summed E-state index contributed by atoms with van der Waals surface area (Å²) in [5.41, 5.74) is 0.490. The highest BCUT2D eigenvalue weighted by atomic mass is 32.2. The van der Waals surface area contributed by atoms with E-state index in [1.54, 1.807) is 18.3 Å². The van der Waals surface area contributed by atoms with Crippen molar-refractivity contribution in [3.8, 4) is 0 Å². The molecule has 1 N–H and O–H groups in total. The molecule has 19 heavy (non-hydrogen) atoms. The molecule has 8 heteroatoms. The van der Waals surface area contributed by atoms with Crippen LogP contribution >= 0.6 is 0 Å². The summed E-state index contributed by atoms with van der Waals surface area (Å²) >= 11 is 0. The van der Waals surface area contributed by atoms with E-state index in [1.165, 1.54) is 24.1 Å². The summed E-state index contributed by atoms with van der Waals surface area (Å²) in [6.07, 6.45) is 5.29. The van der Waals surface area contributed by atoms with Crippen LogP contribution in [-0.4, -0.2) is 35.3 Å². The van der Waals surface area contributed by atoms with Crippen LogP contribution in [0.3, 0.4) is 0 Å². The second-order valence-electron chi connectivity index (χ2n) is 3.95. The number of sulfone groups is 1. The number of nitrogens with one attached hydrogen (secondary N) is 1. The van der Waals surface area contributed by atoms with Crippen molar-refractivity contribution >= 4 is 21.4 Å². The van der Waals surface area contributed by atoms with Gasteiger partial charge in [-0.25, -0.2) is 8.42 Å². The number of aromatic nitrogens is 3. The molecule has 0 radical (unpaired) electrons. The van der Waals surface area contributed by atoms with Crippen molar-refractivity contribution in [1.29, 1.82) is 0 Å². The molecule has 1 amide bonds. The van der Waals surface area contributed by atoms with Crippen LogP contribution in [0.1, 0.15) is 10.4 Å². The summed E-state index contributed by atoms with van der Waals surface area (Å²) in [5, 5.41) is 6.31. The molecule has 100 valence electrons. The van der Waals surface area contributed by atoms with E-state index in [2.05, 4.69) is 15.4 Å². The normalized spacial score (nSPS) is 11.3. The van der Waals surface area contributed by atoms with Crippen molar-refractivity contribution in [2.24, 2.45) is 7.05 Å². The molecule has 2 aromatic rings. The van der Waals surface area contributed by atoms with Crippen molar-refractivity contribution in [3.63, 3.8) is 0 Å². The van der Waals surface area contributed by atoms with E-state index in [4.69, 9.17) is 0 Å². The number of amides is 1. The van der Waals surface area contributed by atoms with Crippen molar-refractivity contribution in [3.05, 3.63) is 36.3 Å². The van der Waals surface area contributed by atoms with Crippen LogP contribution in [0.2, 0.25) is 0 Å². The third-order valence-electron chi connectivity index (χ3n) is 2.41. The third kappa shape index (κ3) is 2.79. The van der Waals surface area contributed by atoms with Gasteiger partial charge >= 0.3 is 0 Å². The minimum absolute atomic E-state index is 0.0373. The fourth-order valence-corrected chi connectivity index (χ4v) is 2.67. The van der Waals surface area contributed by atoms with E-state index >= 15 is 0 Å². The molecular formula is C11H12N4O3S. The van der Waals surface area contributed by atoms with Crippen LogP contribution in [0.25, 0.3) is 0 Å². The minimum Gasteiger partial charge on any atom is -0.318 e. The maximum atomic E-state index is 11.9. The summed E-state index contributed by atoms with van der Waals surface area (Å²) in [6, 6.07) is 3.20. The van der Waals surface area contributed by atoms with Gasteiger partial charge in [-0.15, -0.1) is 0 Å².